The lowest BCUT2D eigenvalue weighted by Gasteiger charge is -2.20. The molecular weight excluding hydrogens is 222 g/mol. The molecule has 3 aliphatic rings. The van der Waals surface area contributed by atoms with E-state index >= 15 is 0 Å². The fraction of sp³-hybridized carbons (Fsp3) is 0.750. The lowest BCUT2D eigenvalue weighted by atomic mass is 9.96. The lowest BCUT2D eigenvalue weighted by molar-refractivity contribution is 0.324. The van der Waals surface area contributed by atoms with E-state index in [1.54, 1.807) is 0 Å². The Morgan fingerprint density at radius 3 is 2.72 bits per heavy atom. The second-order valence-corrected chi connectivity index (χ2v) is 6.51. The summed E-state index contributed by atoms with van der Waals surface area (Å²) in [6.45, 7) is 3.35. The molecule has 3 fully saturated rings. The van der Waals surface area contributed by atoms with Crippen LogP contribution in [0.25, 0.3) is 0 Å². The summed E-state index contributed by atoms with van der Waals surface area (Å²) in [4.78, 5) is 0. The molecule has 2 heteroatoms. The van der Waals surface area contributed by atoms with Gasteiger partial charge < -0.3 is 9.73 Å². The second-order valence-electron chi connectivity index (χ2n) is 6.51. The van der Waals surface area contributed by atoms with E-state index in [2.05, 4.69) is 18.3 Å². The van der Waals surface area contributed by atoms with Crippen LogP contribution in [-0.2, 0) is 0 Å². The van der Waals surface area contributed by atoms with Crippen molar-refractivity contribution in [3.8, 4) is 0 Å². The van der Waals surface area contributed by atoms with Gasteiger partial charge in [0.1, 0.15) is 5.76 Å². The van der Waals surface area contributed by atoms with Crippen LogP contribution in [0, 0.1) is 29.6 Å². The molecule has 1 aromatic heterocycles. The number of furan rings is 1. The van der Waals surface area contributed by atoms with Gasteiger partial charge in [0.25, 0.3) is 0 Å². The number of hydrogen-bond acceptors (Lipinski definition) is 2. The molecule has 4 rings (SSSR count). The van der Waals surface area contributed by atoms with E-state index in [0.717, 1.165) is 36.1 Å². The fourth-order valence-corrected chi connectivity index (χ4v) is 5.03. The van der Waals surface area contributed by atoms with Crippen LogP contribution in [0.15, 0.2) is 22.8 Å². The number of rotatable bonds is 5. The highest BCUT2D eigenvalue weighted by molar-refractivity contribution is 5.20. The molecule has 2 bridgehead atoms. The van der Waals surface area contributed by atoms with E-state index in [1.807, 2.05) is 12.3 Å². The maximum atomic E-state index is 5.69. The van der Waals surface area contributed by atoms with Crippen molar-refractivity contribution in [2.45, 2.75) is 38.6 Å². The Balaban J connectivity index is 1.54. The normalized spacial score (nSPS) is 41.9. The SMILES string of the molecule is CCCNC(c1ccco1)C1C2C3CCC(C3)C21. The molecule has 0 spiro atoms. The zero-order valence-corrected chi connectivity index (χ0v) is 11.1. The third kappa shape index (κ3) is 1.51. The van der Waals surface area contributed by atoms with Crippen molar-refractivity contribution in [2.24, 2.45) is 29.6 Å². The zero-order chi connectivity index (χ0) is 12.1. The fourth-order valence-electron chi connectivity index (χ4n) is 5.03. The first-order valence-electron chi connectivity index (χ1n) is 7.67. The van der Waals surface area contributed by atoms with Gasteiger partial charge in [-0.25, -0.2) is 0 Å². The minimum atomic E-state index is 0.485. The molecule has 0 radical (unpaired) electrons. The number of nitrogens with one attached hydrogen (secondary N) is 1. The molecule has 98 valence electrons. The highest BCUT2D eigenvalue weighted by Gasteiger charge is 2.67. The quantitative estimate of drug-likeness (QED) is 0.857. The van der Waals surface area contributed by atoms with Crippen LogP contribution in [0.2, 0.25) is 0 Å². The summed E-state index contributed by atoms with van der Waals surface area (Å²) in [5.74, 6) is 6.17. The monoisotopic (exact) mass is 245 g/mol. The average molecular weight is 245 g/mol. The molecule has 1 aromatic rings. The number of fused-ring (bicyclic) bond motifs is 5. The van der Waals surface area contributed by atoms with Gasteiger partial charge in [0.2, 0.25) is 0 Å². The van der Waals surface area contributed by atoms with Crippen molar-refractivity contribution >= 4 is 0 Å². The van der Waals surface area contributed by atoms with Crippen LogP contribution in [-0.4, -0.2) is 6.54 Å². The molecule has 1 N–H and O–H groups in total. The van der Waals surface area contributed by atoms with Crippen LogP contribution in [0.3, 0.4) is 0 Å². The Labute approximate surface area is 109 Å². The second kappa shape index (κ2) is 4.12. The highest BCUT2D eigenvalue weighted by atomic mass is 16.3. The molecule has 2 nitrogen and oxygen atoms in total. The molecule has 0 amide bonds. The van der Waals surface area contributed by atoms with E-state index in [-0.39, 0.29) is 0 Å². The van der Waals surface area contributed by atoms with Gasteiger partial charge in [0.05, 0.1) is 12.3 Å². The molecule has 3 aliphatic carbocycles. The summed E-state index contributed by atoms with van der Waals surface area (Å²) in [7, 11) is 0. The molecule has 0 saturated heterocycles. The van der Waals surface area contributed by atoms with E-state index in [0.29, 0.717) is 6.04 Å². The van der Waals surface area contributed by atoms with Gasteiger partial charge in [-0.1, -0.05) is 6.92 Å². The number of hydrogen-bond donors (Lipinski definition) is 1. The average Bonchev–Trinajstić information content (AvgIpc) is 2.85. The van der Waals surface area contributed by atoms with Gasteiger partial charge in [-0.3, -0.25) is 0 Å². The Hall–Kier alpha value is -0.760. The molecule has 5 unspecified atom stereocenters. The van der Waals surface area contributed by atoms with Gasteiger partial charge in [0.15, 0.2) is 0 Å². The topological polar surface area (TPSA) is 25.2 Å². The first-order chi connectivity index (χ1) is 8.90. The summed E-state index contributed by atoms with van der Waals surface area (Å²) in [6.07, 6.45) is 7.56. The van der Waals surface area contributed by atoms with E-state index < -0.39 is 0 Å². The lowest BCUT2D eigenvalue weighted by Crippen LogP contribution is -2.26. The summed E-state index contributed by atoms with van der Waals surface area (Å²) < 4.78 is 5.69. The third-order valence-corrected chi connectivity index (χ3v) is 5.64. The standard InChI is InChI=1S/C16H23NO/c1-2-7-17-16(12-4-3-8-18-12)15-13-10-5-6-11(9-10)14(13)15/h3-4,8,10-11,13-17H,2,5-7,9H2,1H3. The minimum Gasteiger partial charge on any atom is -0.468 e. The first kappa shape index (κ1) is 11.1. The van der Waals surface area contributed by atoms with Crippen molar-refractivity contribution in [1.29, 1.82) is 0 Å². The summed E-state index contributed by atoms with van der Waals surface area (Å²) >= 11 is 0. The molecule has 3 saturated carbocycles. The predicted octanol–water partition coefficient (Wildman–Crippen LogP) is 3.61. The van der Waals surface area contributed by atoms with Gasteiger partial charge >= 0.3 is 0 Å². The van der Waals surface area contributed by atoms with Gasteiger partial charge in [0, 0.05) is 0 Å². The van der Waals surface area contributed by atoms with Gasteiger partial charge in [-0.15, -0.1) is 0 Å². The first-order valence-corrected chi connectivity index (χ1v) is 7.67. The Morgan fingerprint density at radius 2 is 2.11 bits per heavy atom. The summed E-state index contributed by atoms with van der Waals surface area (Å²) in [5, 5.41) is 3.74. The van der Waals surface area contributed by atoms with Crippen LogP contribution < -0.4 is 5.32 Å². The van der Waals surface area contributed by atoms with Gasteiger partial charge in [-0.2, -0.15) is 0 Å². The minimum absolute atomic E-state index is 0.485. The van der Waals surface area contributed by atoms with Crippen molar-refractivity contribution in [1.82, 2.24) is 5.32 Å². The van der Waals surface area contributed by atoms with E-state index in [4.69, 9.17) is 4.42 Å². The van der Waals surface area contributed by atoms with Crippen molar-refractivity contribution in [2.75, 3.05) is 6.54 Å². The molecular formula is C16H23NO. The van der Waals surface area contributed by atoms with E-state index in [9.17, 15) is 0 Å². The Bertz CT molecular complexity index is 397. The van der Waals surface area contributed by atoms with Crippen molar-refractivity contribution < 1.29 is 4.42 Å². The molecule has 5 atom stereocenters. The van der Waals surface area contributed by atoms with Gasteiger partial charge in [-0.05, 0) is 74.0 Å². The van der Waals surface area contributed by atoms with E-state index in [1.165, 1.54) is 31.4 Å². The molecule has 0 aliphatic heterocycles. The van der Waals surface area contributed by atoms with Crippen LogP contribution in [0.4, 0.5) is 0 Å². The molecule has 18 heavy (non-hydrogen) atoms. The van der Waals surface area contributed by atoms with Crippen LogP contribution in [0.1, 0.15) is 44.4 Å². The van der Waals surface area contributed by atoms with Crippen LogP contribution in [0.5, 0.6) is 0 Å². The molecule has 0 aromatic carbocycles. The summed E-state index contributed by atoms with van der Waals surface area (Å²) in [5.41, 5.74) is 0. The Morgan fingerprint density at radius 1 is 1.33 bits per heavy atom. The smallest absolute Gasteiger partial charge is 0.120 e. The molecule has 1 heterocycles. The predicted molar refractivity (Wildman–Crippen MR) is 71.0 cm³/mol. The largest absolute Gasteiger partial charge is 0.468 e. The van der Waals surface area contributed by atoms with Crippen molar-refractivity contribution in [3.63, 3.8) is 0 Å². The van der Waals surface area contributed by atoms with Crippen LogP contribution >= 0.6 is 0 Å². The van der Waals surface area contributed by atoms with Crippen molar-refractivity contribution in [3.05, 3.63) is 24.2 Å². The third-order valence-electron chi connectivity index (χ3n) is 5.64. The summed E-state index contributed by atoms with van der Waals surface area (Å²) in [6, 6.07) is 4.67. The zero-order valence-electron chi connectivity index (χ0n) is 11.1. The maximum absolute atomic E-state index is 5.69. The highest BCUT2D eigenvalue weighted by Crippen LogP contribution is 2.72. The Kier molecular flexibility index (Phi) is 2.54. The maximum Gasteiger partial charge on any atom is 0.120 e.